The van der Waals surface area contributed by atoms with Gasteiger partial charge in [0.1, 0.15) is 11.6 Å². The summed E-state index contributed by atoms with van der Waals surface area (Å²) < 4.78 is 7.28. The minimum absolute atomic E-state index is 0.0578. The lowest BCUT2D eigenvalue weighted by molar-refractivity contribution is 0.101. The summed E-state index contributed by atoms with van der Waals surface area (Å²) in [4.78, 5) is 21.0. The second kappa shape index (κ2) is 8.34. The van der Waals surface area contributed by atoms with Crippen molar-refractivity contribution in [3.8, 4) is 17.3 Å². The molecular weight excluding hydrogens is 402 g/mol. The summed E-state index contributed by atoms with van der Waals surface area (Å²) in [6.07, 6.45) is 1.52. The van der Waals surface area contributed by atoms with Gasteiger partial charge in [-0.2, -0.15) is 0 Å². The quantitative estimate of drug-likeness (QED) is 0.493. The molecule has 1 amide bonds. The lowest BCUT2D eigenvalue weighted by Crippen LogP contribution is -2.14. The van der Waals surface area contributed by atoms with Crippen molar-refractivity contribution in [3.63, 3.8) is 0 Å². The van der Waals surface area contributed by atoms with Crippen molar-refractivity contribution in [1.29, 1.82) is 0 Å². The fourth-order valence-corrected chi connectivity index (χ4v) is 2.87. The van der Waals surface area contributed by atoms with Crippen molar-refractivity contribution in [2.24, 2.45) is 0 Å². The molecule has 1 N–H and O–H groups in total. The Kier molecular flexibility index (Phi) is 5.45. The molecule has 150 valence electrons. The summed E-state index contributed by atoms with van der Waals surface area (Å²) in [5.41, 5.74) is 2.43. The number of halogens is 1. The van der Waals surface area contributed by atoms with Crippen LogP contribution in [0.3, 0.4) is 0 Å². The molecule has 0 saturated heterocycles. The Hall–Kier alpha value is -3.71. The van der Waals surface area contributed by atoms with Gasteiger partial charge in [-0.25, -0.2) is 14.6 Å². The molecule has 4 rings (SSSR count). The van der Waals surface area contributed by atoms with Crippen LogP contribution in [0.5, 0.6) is 11.6 Å². The van der Waals surface area contributed by atoms with Gasteiger partial charge < -0.3 is 10.1 Å². The number of carbonyl (C=O) groups is 1. The van der Waals surface area contributed by atoms with E-state index in [2.05, 4.69) is 20.4 Å². The number of anilines is 1. The number of pyridine rings is 1. The van der Waals surface area contributed by atoms with Gasteiger partial charge >= 0.3 is 0 Å². The fraction of sp³-hybridized carbons (Fsp3) is 0.0909. The third-order valence-electron chi connectivity index (χ3n) is 4.28. The summed E-state index contributed by atoms with van der Waals surface area (Å²) in [5, 5.41) is 7.66. The predicted octanol–water partition coefficient (Wildman–Crippen LogP) is 4.98. The average Bonchev–Trinajstić information content (AvgIpc) is 3.13. The Morgan fingerprint density at radius 2 is 1.73 bits per heavy atom. The minimum Gasteiger partial charge on any atom is -0.439 e. The summed E-state index contributed by atoms with van der Waals surface area (Å²) in [6, 6.07) is 18.2. The number of rotatable bonds is 5. The first kappa shape index (κ1) is 19.6. The van der Waals surface area contributed by atoms with Crippen LogP contribution in [0.4, 0.5) is 5.69 Å². The van der Waals surface area contributed by atoms with Gasteiger partial charge in [0, 0.05) is 11.1 Å². The largest absolute Gasteiger partial charge is 0.439 e. The van der Waals surface area contributed by atoms with Gasteiger partial charge in [-0.1, -0.05) is 29.3 Å². The van der Waals surface area contributed by atoms with Crippen molar-refractivity contribution in [1.82, 2.24) is 19.7 Å². The average molecular weight is 420 g/mol. The maximum atomic E-state index is 12.5. The van der Waals surface area contributed by atoms with Gasteiger partial charge in [-0.05, 0) is 56.3 Å². The molecule has 0 aliphatic heterocycles. The number of aryl methyl sites for hydroxylation is 2. The Morgan fingerprint density at radius 3 is 2.40 bits per heavy atom. The lowest BCUT2D eigenvalue weighted by atomic mass is 10.2. The molecule has 0 radical (unpaired) electrons. The predicted molar refractivity (Wildman–Crippen MR) is 115 cm³/mol. The normalized spacial score (nSPS) is 10.6. The number of hydrogen-bond acceptors (Lipinski definition) is 5. The molecule has 0 unspecified atom stereocenters. The highest BCUT2D eigenvalue weighted by atomic mass is 35.5. The molecule has 0 bridgehead atoms. The Morgan fingerprint density at radius 1 is 1.00 bits per heavy atom. The maximum Gasteiger partial charge on any atom is 0.295 e. The molecule has 0 atom stereocenters. The summed E-state index contributed by atoms with van der Waals surface area (Å²) in [6.45, 7) is 3.78. The van der Waals surface area contributed by atoms with Crippen molar-refractivity contribution < 1.29 is 9.53 Å². The highest BCUT2D eigenvalue weighted by Gasteiger charge is 2.16. The molecule has 0 aliphatic rings. The van der Waals surface area contributed by atoms with E-state index < -0.39 is 5.91 Å². The standard InChI is InChI=1S/C22H18ClN5O2/c1-14-3-10-19(11-4-14)30-20-12-7-17(13-24-20)26-22(29)21-25-15(2)28(27-21)18-8-5-16(23)6-9-18/h3-13H,1-2H3,(H,26,29). The van der Waals surface area contributed by atoms with Crippen LogP contribution in [0.25, 0.3) is 5.69 Å². The van der Waals surface area contributed by atoms with Crippen LogP contribution in [0, 0.1) is 13.8 Å². The number of aromatic nitrogens is 4. The second-order valence-electron chi connectivity index (χ2n) is 6.63. The van der Waals surface area contributed by atoms with Crippen LogP contribution in [-0.4, -0.2) is 25.7 Å². The zero-order valence-electron chi connectivity index (χ0n) is 16.3. The first-order valence-electron chi connectivity index (χ1n) is 9.19. The maximum absolute atomic E-state index is 12.5. The molecule has 7 nitrogen and oxygen atoms in total. The summed E-state index contributed by atoms with van der Waals surface area (Å²) >= 11 is 5.92. The van der Waals surface area contributed by atoms with E-state index in [-0.39, 0.29) is 5.82 Å². The Labute approximate surface area is 178 Å². The van der Waals surface area contributed by atoms with Crippen LogP contribution < -0.4 is 10.1 Å². The first-order chi connectivity index (χ1) is 14.5. The molecule has 0 fully saturated rings. The van der Waals surface area contributed by atoms with Gasteiger partial charge in [-0.3, -0.25) is 4.79 Å². The zero-order chi connectivity index (χ0) is 21.1. The molecular formula is C22H18ClN5O2. The molecule has 8 heteroatoms. The molecule has 4 aromatic rings. The Balaban J connectivity index is 1.44. The number of amides is 1. The third-order valence-corrected chi connectivity index (χ3v) is 4.53. The van der Waals surface area contributed by atoms with E-state index in [1.807, 2.05) is 43.3 Å². The smallest absolute Gasteiger partial charge is 0.295 e. The van der Waals surface area contributed by atoms with E-state index in [1.165, 1.54) is 6.20 Å². The molecule has 2 heterocycles. The van der Waals surface area contributed by atoms with Crippen LogP contribution in [0.15, 0.2) is 66.9 Å². The highest BCUT2D eigenvalue weighted by Crippen LogP contribution is 2.21. The number of hydrogen-bond donors (Lipinski definition) is 1. The van der Waals surface area contributed by atoms with E-state index in [4.69, 9.17) is 16.3 Å². The van der Waals surface area contributed by atoms with Crippen LogP contribution >= 0.6 is 11.6 Å². The van der Waals surface area contributed by atoms with Crippen molar-refractivity contribution in [3.05, 3.63) is 89.1 Å². The number of carbonyl (C=O) groups excluding carboxylic acids is 1. The van der Waals surface area contributed by atoms with Gasteiger partial charge in [0.2, 0.25) is 11.7 Å². The number of benzene rings is 2. The molecule has 0 aliphatic carbocycles. The van der Waals surface area contributed by atoms with Crippen molar-refractivity contribution in [2.45, 2.75) is 13.8 Å². The first-order valence-corrected chi connectivity index (χ1v) is 9.57. The molecule has 0 saturated carbocycles. The molecule has 0 spiro atoms. The molecule has 30 heavy (non-hydrogen) atoms. The summed E-state index contributed by atoms with van der Waals surface area (Å²) in [5.74, 6) is 1.33. The molecule has 2 aromatic carbocycles. The van der Waals surface area contributed by atoms with Gasteiger partial charge in [0.15, 0.2) is 0 Å². The topological polar surface area (TPSA) is 81.9 Å². The van der Waals surface area contributed by atoms with E-state index >= 15 is 0 Å². The zero-order valence-corrected chi connectivity index (χ0v) is 17.1. The summed E-state index contributed by atoms with van der Waals surface area (Å²) in [7, 11) is 0. The van der Waals surface area contributed by atoms with Gasteiger partial charge in [0.05, 0.1) is 17.6 Å². The van der Waals surface area contributed by atoms with E-state index in [0.29, 0.717) is 28.2 Å². The third kappa shape index (κ3) is 4.47. The van der Waals surface area contributed by atoms with Crippen molar-refractivity contribution in [2.75, 3.05) is 5.32 Å². The van der Waals surface area contributed by atoms with Gasteiger partial charge in [0.25, 0.3) is 5.91 Å². The van der Waals surface area contributed by atoms with E-state index in [9.17, 15) is 4.79 Å². The van der Waals surface area contributed by atoms with E-state index in [0.717, 1.165) is 11.3 Å². The van der Waals surface area contributed by atoms with Gasteiger partial charge in [-0.15, -0.1) is 5.10 Å². The number of nitrogens with zero attached hydrogens (tertiary/aromatic N) is 4. The number of ether oxygens (including phenoxy) is 1. The monoisotopic (exact) mass is 419 g/mol. The lowest BCUT2D eigenvalue weighted by Gasteiger charge is -2.06. The Bertz CT molecular complexity index is 1170. The number of nitrogens with one attached hydrogen (secondary N) is 1. The SMILES string of the molecule is Cc1ccc(Oc2ccc(NC(=O)c3nc(C)n(-c4ccc(Cl)cc4)n3)cn2)cc1. The molecule has 2 aromatic heterocycles. The highest BCUT2D eigenvalue weighted by molar-refractivity contribution is 6.30. The van der Waals surface area contributed by atoms with Crippen LogP contribution in [0.2, 0.25) is 5.02 Å². The van der Waals surface area contributed by atoms with Crippen molar-refractivity contribution >= 4 is 23.2 Å². The van der Waals surface area contributed by atoms with Crippen LogP contribution in [-0.2, 0) is 0 Å². The minimum atomic E-state index is -0.431. The fourth-order valence-electron chi connectivity index (χ4n) is 2.74. The van der Waals surface area contributed by atoms with Crippen LogP contribution in [0.1, 0.15) is 22.0 Å². The van der Waals surface area contributed by atoms with E-state index in [1.54, 1.807) is 35.9 Å². The second-order valence-corrected chi connectivity index (χ2v) is 7.06.